The summed E-state index contributed by atoms with van der Waals surface area (Å²) in [7, 11) is -16.5. The van der Waals surface area contributed by atoms with Crippen LogP contribution in [0, 0.1) is 5.41 Å². The molecule has 1 fully saturated rings. The molecule has 1 aliphatic heterocycles. The van der Waals surface area contributed by atoms with E-state index in [2.05, 4.69) is 34.4 Å². The van der Waals surface area contributed by atoms with Crippen molar-refractivity contribution in [3.8, 4) is 0 Å². The summed E-state index contributed by atoms with van der Waals surface area (Å²) in [4.78, 5) is 134. The Bertz CT molecular complexity index is 2190. The van der Waals surface area contributed by atoms with Gasteiger partial charge in [-0.05, 0) is 6.92 Å². The monoisotopic (exact) mass is 977 g/mol. The van der Waals surface area contributed by atoms with Crippen LogP contribution in [0.15, 0.2) is 12.7 Å². The van der Waals surface area contributed by atoms with Crippen LogP contribution in [0.2, 0.25) is 0 Å². The normalized spacial score (nSPS) is 20.3. The van der Waals surface area contributed by atoms with Crippen molar-refractivity contribution >= 4 is 92.3 Å². The quantitative estimate of drug-likeness (QED) is 0.0280. The number of imidazole rings is 1. The number of hydrogen-bond donors (Lipinski definition) is 9. The zero-order valence-electron chi connectivity index (χ0n) is 33.5. The molecule has 1 aliphatic rings. The summed E-state index contributed by atoms with van der Waals surface area (Å²) in [6.45, 7) is 1.13. The molecule has 3 heterocycles. The number of nitrogens with one attached hydrogen (secondary N) is 2. The minimum atomic E-state index is -5.62. The third kappa shape index (κ3) is 17.6. The molecule has 2 amide bonds. The van der Waals surface area contributed by atoms with Crippen LogP contribution in [0.25, 0.3) is 11.2 Å². The number of nitrogen functional groups attached to an aromatic ring is 1. The van der Waals surface area contributed by atoms with Crippen molar-refractivity contribution in [3.05, 3.63) is 12.7 Å². The first kappa shape index (κ1) is 53.6. The number of aliphatic hydroxyl groups excluding tert-OH is 2. The number of carbonyl (C=O) groups is 7. The van der Waals surface area contributed by atoms with Crippen LogP contribution >= 0.6 is 35.2 Å². The highest BCUT2D eigenvalue weighted by molar-refractivity contribution is 8.13. The van der Waals surface area contributed by atoms with Gasteiger partial charge in [0.25, 0.3) is 0 Å². The van der Waals surface area contributed by atoms with E-state index in [1.54, 1.807) is 0 Å². The number of ether oxygens (including phenoxy) is 1. The van der Waals surface area contributed by atoms with E-state index in [-0.39, 0.29) is 42.2 Å². The summed E-state index contributed by atoms with van der Waals surface area (Å²) >= 11 is 0.704. The highest BCUT2D eigenvalue weighted by Crippen LogP contribution is 2.61. The number of fused-ring (bicyclic) bond motifs is 1. The standard InChI is InChI=1S/C31H46N7O21P3S/c1-16(39)8-17(40)9-18(41)10-19(42)11-22(44)63-7-6-33-21(43)4-5-34-29(47)26(46)31(2,3)13-56-62(53,54)59-61(51,52)55-12-20-25(58-60(48,49)50)24(45)30(57-20)38-15-37-23-27(32)35-14-36-28(23)38/h14-15,20,24-26,30,45-46H,4-13H2,1-3H3,(H,33,43)(H,34,47)(H,51,52)(H,53,54)(H2,32,35,36)(H2,48,49,50)/t20-,24-,25-,26+,30-/m1/s1. The Morgan fingerprint density at radius 3 is 2.17 bits per heavy atom. The summed E-state index contributed by atoms with van der Waals surface area (Å²) in [6.07, 6.45) is -9.54. The van der Waals surface area contributed by atoms with Gasteiger partial charge in [-0.25, -0.2) is 28.6 Å². The molecule has 2 unspecified atom stereocenters. The predicted molar refractivity (Wildman–Crippen MR) is 211 cm³/mol. The van der Waals surface area contributed by atoms with E-state index in [4.69, 9.17) is 19.5 Å². The highest BCUT2D eigenvalue weighted by Gasteiger charge is 2.50. The number of aliphatic hydroxyl groups is 2. The van der Waals surface area contributed by atoms with Gasteiger partial charge in [0.05, 0.1) is 45.2 Å². The summed E-state index contributed by atoms with van der Waals surface area (Å²) in [6, 6.07) is 0. The average Bonchev–Trinajstić information content (AvgIpc) is 3.70. The number of amides is 2. The SMILES string of the molecule is CC(=O)CC(=O)CC(=O)CC(=O)CC(=O)SCCNC(=O)CCNC(=O)[C@H](O)C(C)(C)COP(=O)(O)OP(=O)(O)OC[C@H]1O[C@@H](n2cnc3c(N)ncnc32)[C@H](O)[C@@H]1OP(=O)(O)O. The minimum absolute atomic E-state index is 0.00797. The van der Waals surface area contributed by atoms with Crippen LogP contribution in [-0.4, -0.2) is 146 Å². The van der Waals surface area contributed by atoms with Crippen molar-refractivity contribution < 1.29 is 99.7 Å². The minimum Gasteiger partial charge on any atom is -0.386 e. The van der Waals surface area contributed by atoms with Crippen LogP contribution in [-0.2, 0) is 69.9 Å². The fourth-order valence-electron chi connectivity index (χ4n) is 5.41. The van der Waals surface area contributed by atoms with Gasteiger partial charge in [-0.2, -0.15) is 4.31 Å². The van der Waals surface area contributed by atoms with Gasteiger partial charge in [0, 0.05) is 30.7 Å². The Morgan fingerprint density at radius 1 is 0.921 bits per heavy atom. The first-order valence-corrected chi connectivity index (χ1v) is 23.7. The van der Waals surface area contributed by atoms with Crippen LogP contribution < -0.4 is 16.4 Å². The lowest BCUT2D eigenvalue weighted by atomic mass is 9.87. The van der Waals surface area contributed by atoms with E-state index in [0.29, 0.717) is 11.8 Å². The third-order valence-corrected chi connectivity index (χ3v) is 12.3. The van der Waals surface area contributed by atoms with Gasteiger partial charge < -0.3 is 50.9 Å². The Hall–Kier alpha value is -3.76. The van der Waals surface area contributed by atoms with Crippen molar-refractivity contribution in [1.29, 1.82) is 0 Å². The molecule has 0 radical (unpaired) electrons. The van der Waals surface area contributed by atoms with Crippen LogP contribution in [0.1, 0.15) is 59.1 Å². The number of nitrogens with two attached hydrogens (primary N) is 1. The molecule has 2 aromatic heterocycles. The summed E-state index contributed by atoms with van der Waals surface area (Å²) < 4.78 is 62.1. The second kappa shape index (κ2) is 22.9. The van der Waals surface area contributed by atoms with Gasteiger partial charge in [0.1, 0.15) is 59.4 Å². The number of rotatable bonds is 27. The molecule has 7 atom stereocenters. The molecule has 1 saturated heterocycles. The average molecular weight is 978 g/mol. The Labute approximate surface area is 360 Å². The first-order chi connectivity index (χ1) is 29.1. The lowest BCUT2D eigenvalue weighted by Crippen LogP contribution is -2.46. The van der Waals surface area contributed by atoms with E-state index in [9.17, 15) is 77.0 Å². The number of anilines is 1. The maximum atomic E-state index is 12.7. The Kier molecular flexibility index (Phi) is 19.5. The topological polar surface area (TPSA) is 432 Å². The van der Waals surface area contributed by atoms with E-state index in [1.165, 1.54) is 20.8 Å². The number of hydrogen-bond acceptors (Lipinski definition) is 22. The molecule has 352 valence electrons. The van der Waals surface area contributed by atoms with Crippen LogP contribution in [0.4, 0.5) is 5.82 Å². The van der Waals surface area contributed by atoms with Crippen LogP contribution in [0.5, 0.6) is 0 Å². The van der Waals surface area contributed by atoms with Crippen molar-refractivity contribution in [3.63, 3.8) is 0 Å². The maximum absolute atomic E-state index is 12.7. The second-order valence-electron chi connectivity index (χ2n) is 14.3. The number of phosphoric ester groups is 3. The van der Waals surface area contributed by atoms with Gasteiger partial charge in [-0.15, -0.1) is 0 Å². The molecule has 2 aromatic rings. The molecule has 63 heavy (non-hydrogen) atoms. The fourth-order valence-corrected chi connectivity index (χ4v) is 8.94. The first-order valence-electron chi connectivity index (χ1n) is 18.2. The van der Waals surface area contributed by atoms with Crippen molar-refractivity contribution in [2.45, 2.75) is 83.5 Å². The number of aromatic nitrogens is 4. The zero-order valence-corrected chi connectivity index (χ0v) is 37.0. The third-order valence-electron chi connectivity index (χ3n) is 8.34. The highest BCUT2D eigenvalue weighted by atomic mass is 32.2. The Balaban J connectivity index is 1.41. The molecule has 0 bridgehead atoms. The fraction of sp³-hybridized carbons (Fsp3) is 0.613. The molecule has 32 heteroatoms. The number of ketones is 4. The van der Waals surface area contributed by atoms with E-state index < -0.39 is 138 Å². The Morgan fingerprint density at radius 2 is 1.54 bits per heavy atom. The van der Waals surface area contributed by atoms with Crippen molar-refractivity contribution in [2.75, 3.05) is 37.8 Å². The number of Topliss-reactive ketones (excluding diaryl/α,β-unsaturated/α-hetero) is 4. The summed E-state index contributed by atoms with van der Waals surface area (Å²) in [5.41, 5.74) is 4.14. The lowest BCUT2D eigenvalue weighted by Gasteiger charge is -2.30. The smallest absolute Gasteiger partial charge is 0.386 e. The lowest BCUT2D eigenvalue weighted by molar-refractivity contribution is -0.137. The molecule has 0 saturated carbocycles. The molecule has 0 spiro atoms. The molecule has 10 N–H and O–H groups in total. The summed E-state index contributed by atoms with van der Waals surface area (Å²) in [5, 5.41) is 25.6. The predicted octanol–water partition coefficient (Wildman–Crippen LogP) is -1.48. The zero-order chi connectivity index (χ0) is 47.5. The maximum Gasteiger partial charge on any atom is 0.481 e. The van der Waals surface area contributed by atoms with Gasteiger partial charge >= 0.3 is 23.5 Å². The number of thioether (sulfide) groups is 1. The number of phosphoric acid groups is 3. The van der Waals surface area contributed by atoms with Gasteiger partial charge in [0.2, 0.25) is 11.8 Å². The van der Waals surface area contributed by atoms with E-state index >= 15 is 0 Å². The van der Waals surface area contributed by atoms with Crippen molar-refractivity contribution in [2.24, 2.45) is 5.41 Å². The van der Waals surface area contributed by atoms with Crippen LogP contribution in [0.3, 0.4) is 0 Å². The van der Waals surface area contributed by atoms with Crippen molar-refractivity contribution in [1.82, 2.24) is 30.2 Å². The van der Waals surface area contributed by atoms with E-state index in [0.717, 1.165) is 17.2 Å². The largest absolute Gasteiger partial charge is 0.481 e. The molecule has 3 rings (SSSR count). The van der Waals surface area contributed by atoms with E-state index in [1.807, 2.05) is 0 Å². The number of nitrogens with zero attached hydrogens (tertiary/aromatic N) is 4. The molecule has 28 nitrogen and oxygen atoms in total. The molecular formula is C31H46N7O21P3S. The molecular weight excluding hydrogens is 931 g/mol. The van der Waals surface area contributed by atoms with Gasteiger partial charge in [0.15, 0.2) is 22.8 Å². The molecule has 0 aliphatic carbocycles. The van der Waals surface area contributed by atoms with Gasteiger partial charge in [-0.3, -0.25) is 51.7 Å². The second-order valence-corrected chi connectivity index (χ2v) is 19.7. The van der Waals surface area contributed by atoms with Gasteiger partial charge in [-0.1, -0.05) is 25.6 Å². The summed E-state index contributed by atoms with van der Waals surface area (Å²) in [5.74, 6) is -4.15. The number of carbonyl (C=O) groups excluding carboxylic acids is 7. The molecule has 0 aromatic carbocycles.